The largest absolute Gasteiger partial charge is 0.374 e. The molecule has 0 aliphatic heterocycles. The van der Waals surface area contributed by atoms with Crippen LogP contribution in [0.25, 0.3) is 10.9 Å². The number of nitrogens with one attached hydrogen (secondary N) is 4. The molecule has 0 fully saturated rings. The first kappa shape index (κ1) is 26.7. The molecule has 2 aromatic carbocycles. The zero-order chi connectivity index (χ0) is 23.8. The van der Waals surface area contributed by atoms with Crippen LogP contribution in [0.4, 0.5) is 5.69 Å². The summed E-state index contributed by atoms with van der Waals surface area (Å²) in [4.78, 5) is 28.9. The van der Waals surface area contributed by atoms with Crippen molar-refractivity contribution in [3.8, 4) is 0 Å². The Bertz CT molecular complexity index is 1130. The lowest BCUT2D eigenvalue weighted by Gasteiger charge is -2.24. The van der Waals surface area contributed by atoms with Gasteiger partial charge in [0.2, 0.25) is 11.8 Å². The number of nitrogens with zero attached hydrogens (tertiary/aromatic N) is 1. The lowest BCUT2D eigenvalue weighted by atomic mass is 10.0. The first-order chi connectivity index (χ1) is 15.9. The molecule has 0 saturated heterocycles. The first-order valence-electron chi connectivity index (χ1n) is 11.1. The average molecular weight is 485 g/mol. The van der Waals surface area contributed by atoms with Crippen LogP contribution in [0.15, 0.2) is 59.8 Å². The molecule has 0 spiro atoms. The van der Waals surface area contributed by atoms with Crippen LogP contribution in [0.2, 0.25) is 0 Å². The molecule has 0 aliphatic rings. The minimum atomic E-state index is -0.625. The fourth-order valence-corrected chi connectivity index (χ4v) is 3.69. The molecule has 0 saturated carbocycles. The van der Waals surface area contributed by atoms with Crippen molar-refractivity contribution in [3.05, 3.63) is 65.9 Å². The Morgan fingerprint density at radius 3 is 2.59 bits per heavy atom. The second-order valence-corrected chi connectivity index (χ2v) is 8.40. The average Bonchev–Trinajstić information content (AvgIpc) is 3.20. The third kappa shape index (κ3) is 6.99. The van der Waals surface area contributed by atoms with E-state index in [4.69, 9.17) is 5.84 Å². The van der Waals surface area contributed by atoms with Gasteiger partial charge in [0.1, 0.15) is 12.1 Å². The van der Waals surface area contributed by atoms with Crippen molar-refractivity contribution in [1.82, 2.24) is 15.6 Å². The van der Waals surface area contributed by atoms with Crippen molar-refractivity contribution >= 4 is 47.0 Å². The van der Waals surface area contributed by atoms with Crippen LogP contribution in [0.5, 0.6) is 0 Å². The molecule has 0 radical (unpaired) electrons. The number of aromatic nitrogens is 1. The molecule has 2 unspecified atom stereocenters. The molecule has 6 N–H and O–H groups in total. The number of benzene rings is 2. The van der Waals surface area contributed by atoms with Gasteiger partial charge < -0.3 is 26.8 Å². The number of para-hydroxylation sites is 1. The Kier molecular flexibility index (Phi) is 9.94. The highest BCUT2D eigenvalue weighted by atomic mass is 35.5. The SMILES string of the molecule is CC(Nc1cccc(C=NN)c1)C(=O)NC(C(=O)NCCc1c[nH]c2ccccc12)C(C)C.Cl. The Hall–Kier alpha value is -3.52. The number of fused-ring (bicyclic) bond motifs is 1. The minimum Gasteiger partial charge on any atom is -0.374 e. The first-order valence-corrected chi connectivity index (χ1v) is 11.1. The molecule has 0 bridgehead atoms. The zero-order valence-electron chi connectivity index (χ0n) is 19.7. The number of H-pyrrole nitrogens is 1. The predicted octanol–water partition coefficient (Wildman–Crippen LogP) is 3.18. The summed E-state index contributed by atoms with van der Waals surface area (Å²) in [5, 5.41) is 13.7. The van der Waals surface area contributed by atoms with E-state index < -0.39 is 12.1 Å². The van der Waals surface area contributed by atoms with Gasteiger partial charge in [-0.2, -0.15) is 5.10 Å². The molecular weight excluding hydrogens is 452 g/mol. The number of hydrazone groups is 1. The predicted molar refractivity (Wildman–Crippen MR) is 140 cm³/mol. The molecule has 182 valence electrons. The number of hydrogen-bond donors (Lipinski definition) is 5. The highest BCUT2D eigenvalue weighted by Crippen LogP contribution is 2.17. The molecule has 9 heteroatoms. The van der Waals surface area contributed by atoms with Crippen molar-refractivity contribution < 1.29 is 9.59 Å². The number of rotatable bonds is 10. The summed E-state index contributed by atoms with van der Waals surface area (Å²) in [6.07, 6.45) is 4.21. The van der Waals surface area contributed by atoms with E-state index in [1.807, 2.05) is 62.5 Å². The van der Waals surface area contributed by atoms with E-state index in [0.717, 1.165) is 27.7 Å². The Morgan fingerprint density at radius 2 is 1.85 bits per heavy atom. The number of halogens is 1. The number of aromatic amines is 1. The summed E-state index contributed by atoms with van der Waals surface area (Å²) in [5.74, 6) is 4.71. The quantitative estimate of drug-likeness (QED) is 0.172. The van der Waals surface area contributed by atoms with Crippen LogP contribution < -0.4 is 21.8 Å². The van der Waals surface area contributed by atoms with E-state index >= 15 is 0 Å². The summed E-state index contributed by atoms with van der Waals surface area (Å²) in [7, 11) is 0. The molecule has 34 heavy (non-hydrogen) atoms. The van der Waals surface area contributed by atoms with E-state index in [1.54, 1.807) is 6.92 Å². The standard InChI is InChI=1S/C25H32N6O2.ClH/c1-16(2)23(25(33)27-12-11-19-15-28-22-10-5-4-9-21(19)22)31-24(32)17(3)30-20-8-6-7-18(13-20)14-29-26;/h4-10,13-17,23,28,30H,11-12,26H2,1-3H3,(H,27,33)(H,31,32);1H. The molecule has 3 aromatic rings. The Morgan fingerprint density at radius 1 is 1.09 bits per heavy atom. The van der Waals surface area contributed by atoms with Crippen molar-refractivity contribution in [1.29, 1.82) is 0 Å². The molecule has 1 aromatic heterocycles. The van der Waals surface area contributed by atoms with Crippen molar-refractivity contribution in [2.45, 2.75) is 39.3 Å². The topological polar surface area (TPSA) is 124 Å². The normalized spacial score (nSPS) is 12.8. The lowest BCUT2D eigenvalue weighted by molar-refractivity contribution is -0.130. The van der Waals surface area contributed by atoms with E-state index in [9.17, 15) is 9.59 Å². The molecular formula is C25H33ClN6O2. The number of carbonyl (C=O) groups excluding carboxylic acids is 2. The zero-order valence-corrected chi connectivity index (χ0v) is 20.5. The van der Waals surface area contributed by atoms with Crippen molar-refractivity contribution in [2.24, 2.45) is 16.9 Å². The van der Waals surface area contributed by atoms with Crippen LogP contribution in [0.1, 0.15) is 31.9 Å². The Labute approximate surface area is 206 Å². The molecule has 2 amide bonds. The number of hydrogen-bond acceptors (Lipinski definition) is 5. The molecule has 2 atom stereocenters. The highest BCUT2D eigenvalue weighted by molar-refractivity contribution is 5.91. The molecule has 0 aliphatic carbocycles. The number of carbonyl (C=O) groups is 2. The van der Waals surface area contributed by atoms with Crippen LogP contribution in [-0.2, 0) is 16.0 Å². The molecule has 8 nitrogen and oxygen atoms in total. The monoisotopic (exact) mass is 484 g/mol. The van der Waals surface area contributed by atoms with Gasteiger partial charge in [-0.1, -0.05) is 44.2 Å². The van der Waals surface area contributed by atoms with Gasteiger partial charge in [-0.25, -0.2) is 0 Å². The fraction of sp³-hybridized carbons (Fsp3) is 0.320. The number of amides is 2. The number of nitrogens with two attached hydrogens (primary N) is 1. The molecule has 3 rings (SSSR count). The maximum atomic E-state index is 12.8. The van der Waals surface area contributed by atoms with Gasteiger partial charge in [-0.3, -0.25) is 9.59 Å². The summed E-state index contributed by atoms with van der Waals surface area (Å²) in [5.41, 5.74) is 3.81. The van der Waals surface area contributed by atoms with Crippen LogP contribution in [-0.4, -0.2) is 41.6 Å². The summed E-state index contributed by atoms with van der Waals surface area (Å²) in [6, 6.07) is 14.3. The lowest BCUT2D eigenvalue weighted by Crippen LogP contribution is -2.53. The maximum Gasteiger partial charge on any atom is 0.242 e. The van der Waals surface area contributed by atoms with Crippen molar-refractivity contribution in [3.63, 3.8) is 0 Å². The smallest absolute Gasteiger partial charge is 0.242 e. The summed E-state index contributed by atoms with van der Waals surface area (Å²) >= 11 is 0. The van der Waals surface area contributed by atoms with Crippen LogP contribution in [0, 0.1) is 5.92 Å². The van der Waals surface area contributed by atoms with Gasteiger partial charge in [-0.15, -0.1) is 12.4 Å². The van der Waals surface area contributed by atoms with Gasteiger partial charge in [-0.05, 0) is 48.6 Å². The third-order valence-electron chi connectivity index (χ3n) is 5.50. The van der Waals surface area contributed by atoms with E-state index in [-0.39, 0.29) is 30.1 Å². The summed E-state index contributed by atoms with van der Waals surface area (Å²) < 4.78 is 0. The minimum absolute atomic E-state index is 0. The van der Waals surface area contributed by atoms with Gasteiger partial charge in [0.05, 0.1) is 6.21 Å². The van der Waals surface area contributed by atoms with Gasteiger partial charge in [0.15, 0.2) is 0 Å². The second kappa shape index (κ2) is 12.6. The van der Waals surface area contributed by atoms with Crippen LogP contribution in [0.3, 0.4) is 0 Å². The highest BCUT2D eigenvalue weighted by Gasteiger charge is 2.26. The number of anilines is 1. The molecule has 1 heterocycles. The second-order valence-electron chi connectivity index (χ2n) is 8.40. The van der Waals surface area contributed by atoms with E-state index in [1.165, 1.54) is 6.21 Å². The van der Waals surface area contributed by atoms with Gasteiger partial charge in [0.25, 0.3) is 0 Å². The van der Waals surface area contributed by atoms with Gasteiger partial charge >= 0.3 is 0 Å². The van der Waals surface area contributed by atoms with E-state index in [0.29, 0.717) is 13.0 Å². The van der Waals surface area contributed by atoms with Gasteiger partial charge in [0, 0.05) is 29.3 Å². The fourth-order valence-electron chi connectivity index (χ4n) is 3.69. The van der Waals surface area contributed by atoms with Crippen molar-refractivity contribution in [2.75, 3.05) is 11.9 Å². The van der Waals surface area contributed by atoms with E-state index in [2.05, 4.69) is 32.1 Å². The summed E-state index contributed by atoms with van der Waals surface area (Å²) in [6.45, 7) is 6.07. The third-order valence-corrected chi connectivity index (χ3v) is 5.50. The Balaban J connectivity index is 0.00000408. The van der Waals surface area contributed by atoms with Crippen LogP contribution >= 0.6 is 12.4 Å². The maximum absolute atomic E-state index is 12.8.